The van der Waals surface area contributed by atoms with Gasteiger partial charge in [0.1, 0.15) is 5.52 Å². The lowest BCUT2D eigenvalue weighted by Gasteiger charge is -2.19. The Morgan fingerprint density at radius 3 is 3.05 bits per heavy atom. The van der Waals surface area contributed by atoms with Crippen LogP contribution in [-0.2, 0) is 0 Å². The highest BCUT2D eigenvalue weighted by molar-refractivity contribution is 5.68. The normalized spacial score (nSPS) is 22.8. The second kappa shape index (κ2) is 5.40. The van der Waals surface area contributed by atoms with Crippen LogP contribution in [0.4, 0.5) is 5.82 Å². The third-order valence-electron chi connectivity index (χ3n) is 4.22. The van der Waals surface area contributed by atoms with E-state index in [0.717, 1.165) is 29.9 Å². The first-order chi connectivity index (χ1) is 9.69. The fourth-order valence-corrected chi connectivity index (χ4v) is 2.96. The first-order valence-electron chi connectivity index (χ1n) is 7.40. The van der Waals surface area contributed by atoms with Crippen LogP contribution in [0.3, 0.4) is 0 Å². The van der Waals surface area contributed by atoms with Gasteiger partial charge in [-0.25, -0.2) is 9.50 Å². The van der Waals surface area contributed by atoms with Gasteiger partial charge in [-0.2, -0.15) is 5.10 Å². The van der Waals surface area contributed by atoms with Crippen molar-refractivity contribution in [1.29, 1.82) is 0 Å². The van der Waals surface area contributed by atoms with Crippen LogP contribution in [0.25, 0.3) is 5.52 Å². The Morgan fingerprint density at radius 2 is 2.30 bits per heavy atom. The molecule has 2 aromatic heterocycles. The molecule has 2 unspecified atom stereocenters. The fraction of sp³-hybridized carbons (Fsp3) is 0.600. The maximum atomic E-state index is 9.43. The van der Waals surface area contributed by atoms with E-state index >= 15 is 0 Å². The molecule has 0 bridgehead atoms. The zero-order chi connectivity index (χ0) is 14.1. The van der Waals surface area contributed by atoms with Gasteiger partial charge < -0.3 is 10.4 Å². The van der Waals surface area contributed by atoms with Crippen molar-refractivity contribution in [1.82, 2.24) is 14.6 Å². The van der Waals surface area contributed by atoms with Crippen LogP contribution in [0.1, 0.15) is 44.7 Å². The van der Waals surface area contributed by atoms with E-state index in [2.05, 4.69) is 35.3 Å². The zero-order valence-electron chi connectivity index (χ0n) is 12.1. The van der Waals surface area contributed by atoms with E-state index in [9.17, 15) is 5.11 Å². The van der Waals surface area contributed by atoms with Crippen molar-refractivity contribution in [3.8, 4) is 0 Å². The number of aliphatic hydroxyl groups excluding tert-OH is 1. The number of nitrogens with one attached hydrogen (secondary N) is 1. The molecule has 2 aromatic rings. The van der Waals surface area contributed by atoms with E-state index in [4.69, 9.17) is 0 Å². The van der Waals surface area contributed by atoms with Crippen molar-refractivity contribution in [2.24, 2.45) is 5.92 Å². The van der Waals surface area contributed by atoms with Gasteiger partial charge in [-0.3, -0.25) is 0 Å². The van der Waals surface area contributed by atoms with Gasteiger partial charge >= 0.3 is 0 Å². The molecule has 1 aliphatic carbocycles. The van der Waals surface area contributed by atoms with E-state index < -0.39 is 0 Å². The number of anilines is 1. The molecule has 5 heteroatoms. The molecule has 2 atom stereocenters. The van der Waals surface area contributed by atoms with Crippen LogP contribution in [0.15, 0.2) is 18.5 Å². The molecule has 0 amide bonds. The first-order valence-corrected chi connectivity index (χ1v) is 7.40. The molecule has 1 saturated carbocycles. The summed E-state index contributed by atoms with van der Waals surface area (Å²) in [6.07, 6.45) is 7.01. The lowest BCUT2D eigenvalue weighted by molar-refractivity contribution is 0.222. The Hall–Kier alpha value is -1.62. The van der Waals surface area contributed by atoms with Crippen LogP contribution in [0, 0.1) is 5.92 Å². The molecular weight excluding hydrogens is 252 g/mol. The van der Waals surface area contributed by atoms with Crippen LogP contribution in [0.2, 0.25) is 0 Å². The molecule has 0 aromatic carbocycles. The van der Waals surface area contributed by atoms with Crippen LogP contribution >= 0.6 is 0 Å². The standard InChI is InChI=1S/C15H22N4O/c1-10(2)13-8-14-15(16-6-7-19(14)18-13)17-12-5-3-4-11(12)9-20/h6-8,10-12,20H,3-5,9H2,1-2H3,(H,16,17). The fourth-order valence-electron chi connectivity index (χ4n) is 2.96. The number of nitrogens with zero attached hydrogens (tertiary/aromatic N) is 3. The largest absolute Gasteiger partial charge is 0.396 e. The molecular formula is C15H22N4O. The summed E-state index contributed by atoms with van der Waals surface area (Å²) in [5.74, 6) is 1.61. The minimum absolute atomic E-state index is 0.247. The molecule has 1 aliphatic rings. The molecule has 1 fully saturated rings. The number of fused-ring (bicyclic) bond motifs is 1. The first kappa shape index (κ1) is 13.4. The SMILES string of the molecule is CC(C)c1cc2c(NC3CCCC3CO)nccn2n1. The quantitative estimate of drug-likeness (QED) is 0.899. The van der Waals surface area contributed by atoms with Gasteiger partial charge in [0.2, 0.25) is 0 Å². The monoisotopic (exact) mass is 274 g/mol. The summed E-state index contributed by atoms with van der Waals surface area (Å²) in [5.41, 5.74) is 2.09. The summed E-state index contributed by atoms with van der Waals surface area (Å²) in [7, 11) is 0. The number of hydrogen-bond acceptors (Lipinski definition) is 4. The molecule has 0 spiro atoms. The van der Waals surface area contributed by atoms with E-state index in [-0.39, 0.29) is 6.61 Å². The molecule has 0 saturated heterocycles. The second-order valence-electron chi connectivity index (χ2n) is 5.95. The average Bonchev–Trinajstić information content (AvgIpc) is 3.04. The van der Waals surface area contributed by atoms with Gasteiger partial charge in [0, 0.05) is 31.0 Å². The highest BCUT2D eigenvalue weighted by Crippen LogP contribution is 2.29. The Morgan fingerprint density at radius 1 is 1.45 bits per heavy atom. The van der Waals surface area contributed by atoms with Crippen LogP contribution in [0.5, 0.6) is 0 Å². The molecule has 2 N–H and O–H groups in total. The number of rotatable bonds is 4. The van der Waals surface area contributed by atoms with Crippen molar-refractivity contribution >= 4 is 11.3 Å². The molecule has 0 aliphatic heterocycles. The maximum absolute atomic E-state index is 9.43. The van der Waals surface area contributed by atoms with Crippen molar-refractivity contribution < 1.29 is 5.11 Å². The molecule has 0 radical (unpaired) electrons. The molecule has 20 heavy (non-hydrogen) atoms. The summed E-state index contributed by atoms with van der Waals surface area (Å²) >= 11 is 0. The third-order valence-corrected chi connectivity index (χ3v) is 4.22. The Kier molecular flexibility index (Phi) is 3.61. The number of aromatic nitrogens is 3. The maximum Gasteiger partial charge on any atom is 0.152 e. The summed E-state index contributed by atoms with van der Waals surface area (Å²) < 4.78 is 1.88. The number of aliphatic hydroxyl groups is 1. The third kappa shape index (κ3) is 2.38. The lowest BCUT2D eigenvalue weighted by atomic mass is 10.1. The van der Waals surface area contributed by atoms with Crippen LogP contribution in [-0.4, -0.2) is 32.4 Å². The van der Waals surface area contributed by atoms with Crippen molar-refractivity contribution in [2.45, 2.75) is 45.1 Å². The van der Waals surface area contributed by atoms with Crippen molar-refractivity contribution in [2.75, 3.05) is 11.9 Å². The van der Waals surface area contributed by atoms with E-state index in [1.54, 1.807) is 6.20 Å². The van der Waals surface area contributed by atoms with E-state index in [0.29, 0.717) is 17.9 Å². The molecule has 2 heterocycles. The Labute approximate surface area is 119 Å². The molecule has 108 valence electrons. The predicted octanol–water partition coefficient (Wildman–Crippen LogP) is 2.43. The Bertz CT molecular complexity index is 593. The van der Waals surface area contributed by atoms with Gasteiger partial charge in [-0.05, 0) is 24.8 Å². The van der Waals surface area contributed by atoms with Crippen molar-refractivity contribution in [3.63, 3.8) is 0 Å². The highest BCUT2D eigenvalue weighted by Gasteiger charge is 2.27. The smallest absolute Gasteiger partial charge is 0.152 e. The second-order valence-corrected chi connectivity index (χ2v) is 5.95. The Balaban J connectivity index is 1.91. The summed E-state index contributed by atoms with van der Waals surface area (Å²) in [5, 5.41) is 17.5. The van der Waals surface area contributed by atoms with Crippen molar-refractivity contribution in [3.05, 3.63) is 24.2 Å². The van der Waals surface area contributed by atoms with Gasteiger partial charge in [0.15, 0.2) is 5.82 Å². The van der Waals surface area contributed by atoms with Gasteiger partial charge in [-0.15, -0.1) is 0 Å². The lowest BCUT2D eigenvalue weighted by Crippen LogP contribution is -2.27. The molecule has 5 nitrogen and oxygen atoms in total. The summed E-state index contributed by atoms with van der Waals surface area (Å²) in [4.78, 5) is 4.46. The van der Waals surface area contributed by atoms with Gasteiger partial charge in [0.25, 0.3) is 0 Å². The summed E-state index contributed by atoms with van der Waals surface area (Å²) in [6, 6.07) is 2.42. The minimum atomic E-state index is 0.247. The summed E-state index contributed by atoms with van der Waals surface area (Å²) in [6.45, 7) is 4.53. The zero-order valence-corrected chi connectivity index (χ0v) is 12.1. The topological polar surface area (TPSA) is 62.5 Å². The average molecular weight is 274 g/mol. The molecule has 3 rings (SSSR count). The van der Waals surface area contributed by atoms with E-state index in [1.807, 2.05) is 10.7 Å². The van der Waals surface area contributed by atoms with Gasteiger partial charge in [0.05, 0.1) is 5.69 Å². The van der Waals surface area contributed by atoms with Crippen LogP contribution < -0.4 is 5.32 Å². The minimum Gasteiger partial charge on any atom is -0.396 e. The number of hydrogen-bond donors (Lipinski definition) is 2. The highest BCUT2D eigenvalue weighted by atomic mass is 16.3. The van der Waals surface area contributed by atoms with E-state index in [1.165, 1.54) is 6.42 Å². The predicted molar refractivity (Wildman–Crippen MR) is 78.9 cm³/mol. The van der Waals surface area contributed by atoms with Gasteiger partial charge in [-0.1, -0.05) is 20.3 Å².